The van der Waals surface area contributed by atoms with Gasteiger partial charge in [-0.1, -0.05) is 11.6 Å². The van der Waals surface area contributed by atoms with Crippen LogP contribution in [0.2, 0.25) is 5.02 Å². The third kappa shape index (κ3) is 2.75. The first-order chi connectivity index (χ1) is 8.56. The molecule has 1 N–H and O–H groups in total. The Morgan fingerprint density at radius 2 is 2.11 bits per heavy atom. The van der Waals surface area contributed by atoms with Crippen molar-refractivity contribution in [3.05, 3.63) is 46.9 Å². The van der Waals surface area contributed by atoms with Crippen LogP contribution in [0.3, 0.4) is 0 Å². The fourth-order valence-corrected chi connectivity index (χ4v) is 1.40. The number of carboxylic acid groups (broad SMARTS) is 1. The first kappa shape index (κ1) is 12.3. The van der Waals surface area contributed by atoms with Crippen molar-refractivity contribution in [1.82, 2.24) is 9.97 Å². The number of carboxylic acids is 1. The maximum absolute atomic E-state index is 10.6. The van der Waals surface area contributed by atoms with E-state index < -0.39 is 5.97 Å². The molecule has 0 radical (unpaired) electrons. The maximum Gasteiger partial charge on any atom is 0.356 e. The molecule has 1 aromatic carbocycles. The highest BCUT2D eigenvalue weighted by Gasteiger charge is 2.06. The van der Waals surface area contributed by atoms with Crippen LogP contribution in [0.15, 0.2) is 30.6 Å². The third-order valence-electron chi connectivity index (χ3n) is 2.20. The summed E-state index contributed by atoms with van der Waals surface area (Å²) in [5.41, 5.74) is 0.749. The van der Waals surface area contributed by atoms with E-state index >= 15 is 0 Å². The molecule has 6 heteroatoms. The minimum Gasteiger partial charge on any atom is -0.476 e. The van der Waals surface area contributed by atoms with Gasteiger partial charge in [0.2, 0.25) is 5.88 Å². The second-order valence-corrected chi connectivity index (χ2v) is 3.97. The standard InChI is InChI=1S/C12H9ClN2O3/c1-7-4-8(2-3-9(7)13)18-11-6-14-10(5-15-11)12(16)17/h2-6H,1H3,(H,16,17). The van der Waals surface area contributed by atoms with E-state index in [1.54, 1.807) is 18.2 Å². The summed E-state index contributed by atoms with van der Waals surface area (Å²) in [6, 6.07) is 5.17. The monoisotopic (exact) mass is 264 g/mol. The van der Waals surface area contributed by atoms with Gasteiger partial charge in [0.05, 0.1) is 12.4 Å². The molecule has 2 rings (SSSR count). The molecule has 0 saturated heterocycles. The Labute approximate surface area is 108 Å². The second kappa shape index (κ2) is 5.01. The highest BCUT2D eigenvalue weighted by molar-refractivity contribution is 6.31. The zero-order valence-electron chi connectivity index (χ0n) is 9.42. The minimum absolute atomic E-state index is 0.130. The fraction of sp³-hybridized carbons (Fsp3) is 0.0833. The molecule has 0 fully saturated rings. The molecule has 5 nitrogen and oxygen atoms in total. The lowest BCUT2D eigenvalue weighted by atomic mass is 10.2. The van der Waals surface area contributed by atoms with E-state index in [4.69, 9.17) is 21.4 Å². The van der Waals surface area contributed by atoms with Crippen molar-refractivity contribution in [2.24, 2.45) is 0 Å². The van der Waals surface area contributed by atoms with E-state index in [2.05, 4.69) is 9.97 Å². The number of rotatable bonds is 3. The molecule has 92 valence electrons. The van der Waals surface area contributed by atoms with Crippen LogP contribution in [0.4, 0.5) is 0 Å². The van der Waals surface area contributed by atoms with E-state index in [9.17, 15) is 4.79 Å². The van der Waals surface area contributed by atoms with Crippen LogP contribution in [-0.4, -0.2) is 21.0 Å². The van der Waals surface area contributed by atoms with E-state index in [0.29, 0.717) is 10.8 Å². The Bertz CT molecular complexity index is 584. The number of carbonyl (C=O) groups is 1. The number of aromatic carboxylic acids is 1. The van der Waals surface area contributed by atoms with Gasteiger partial charge in [0.1, 0.15) is 5.75 Å². The molecule has 0 amide bonds. The van der Waals surface area contributed by atoms with Crippen LogP contribution < -0.4 is 4.74 Å². The molecule has 1 aromatic heterocycles. The molecular weight excluding hydrogens is 256 g/mol. The lowest BCUT2D eigenvalue weighted by Crippen LogP contribution is -2.01. The Balaban J connectivity index is 2.18. The number of benzene rings is 1. The third-order valence-corrected chi connectivity index (χ3v) is 2.62. The smallest absolute Gasteiger partial charge is 0.356 e. The summed E-state index contributed by atoms with van der Waals surface area (Å²) < 4.78 is 5.42. The summed E-state index contributed by atoms with van der Waals surface area (Å²) >= 11 is 5.89. The number of ether oxygens (including phenoxy) is 1. The molecule has 1 heterocycles. The Morgan fingerprint density at radius 3 is 2.67 bits per heavy atom. The maximum atomic E-state index is 10.6. The lowest BCUT2D eigenvalue weighted by molar-refractivity contribution is 0.0690. The van der Waals surface area contributed by atoms with Gasteiger partial charge in [0, 0.05) is 5.02 Å². The van der Waals surface area contributed by atoms with Crippen LogP contribution in [0.25, 0.3) is 0 Å². The van der Waals surface area contributed by atoms with Crippen molar-refractivity contribution >= 4 is 17.6 Å². The highest BCUT2D eigenvalue weighted by Crippen LogP contribution is 2.24. The Kier molecular flexibility index (Phi) is 3.43. The number of nitrogens with zero attached hydrogens (tertiary/aromatic N) is 2. The average Bonchev–Trinajstić information content (AvgIpc) is 2.34. The first-order valence-corrected chi connectivity index (χ1v) is 5.43. The van der Waals surface area contributed by atoms with Gasteiger partial charge in [-0.2, -0.15) is 0 Å². The largest absolute Gasteiger partial charge is 0.476 e. The SMILES string of the molecule is Cc1cc(Oc2cnc(C(=O)O)cn2)ccc1Cl. The van der Waals surface area contributed by atoms with Crippen molar-refractivity contribution in [3.8, 4) is 11.6 Å². The quantitative estimate of drug-likeness (QED) is 0.923. The van der Waals surface area contributed by atoms with Crippen molar-refractivity contribution in [1.29, 1.82) is 0 Å². The summed E-state index contributed by atoms with van der Waals surface area (Å²) in [4.78, 5) is 18.1. The van der Waals surface area contributed by atoms with Crippen molar-refractivity contribution in [3.63, 3.8) is 0 Å². The molecule has 2 aromatic rings. The number of aryl methyl sites for hydroxylation is 1. The summed E-state index contributed by atoms with van der Waals surface area (Å²) in [6.45, 7) is 1.86. The summed E-state index contributed by atoms with van der Waals surface area (Å²) in [7, 11) is 0. The van der Waals surface area contributed by atoms with Crippen molar-refractivity contribution < 1.29 is 14.6 Å². The first-order valence-electron chi connectivity index (χ1n) is 5.05. The molecule has 18 heavy (non-hydrogen) atoms. The van der Waals surface area contributed by atoms with E-state index in [1.807, 2.05) is 6.92 Å². The Hall–Kier alpha value is -2.14. The van der Waals surface area contributed by atoms with Gasteiger partial charge < -0.3 is 9.84 Å². The summed E-state index contributed by atoms with van der Waals surface area (Å²) in [5.74, 6) is -0.340. The molecule has 0 spiro atoms. The van der Waals surface area contributed by atoms with Gasteiger partial charge >= 0.3 is 5.97 Å². The van der Waals surface area contributed by atoms with Crippen molar-refractivity contribution in [2.75, 3.05) is 0 Å². The second-order valence-electron chi connectivity index (χ2n) is 3.56. The number of aromatic nitrogens is 2. The van der Waals surface area contributed by atoms with Gasteiger partial charge in [0.25, 0.3) is 0 Å². The highest BCUT2D eigenvalue weighted by atomic mass is 35.5. The predicted molar refractivity (Wildman–Crippen MR) is 65.3 cm³/mol. The van der Waals surface area contributed by atoms with E-state index in [1.165, 1.54) is 6.20 Å². The van der Waals surface area contributed by atoms with Gasteiger partial charge in [-0.25, -0.2) is 14.8 Å². The summed E-state index contributed by atoms with van der Waals surface area (Å²) in [5, 5.41) is 9.32. The fourth-order valence-electron chi connectivity index (χ4n) is 1.28. The van der Waals surface area contributed by atoms with E-state index in [-0.39, 0.29) is 11.6 Å². The molecule has 0 aliphatic carbocycles. The molecule has 0 aliphatic rings. The van der Waals surface area contributed by atoms with Gasteiger partial charge in [-0.05, 0) is 30.7 Å². The zero-order chi connectivity index (χ0) is 13.1. The predicted octanol–water partition coefficient (Wildman–Crippen LogP) is 2.93. The topological polar surface area (TPSA) is 72.3 Å². The number of hydrogen-bond donors (Lipinski definition) is 1. The van der Waals surface area contributed by atoms with Crippen LogP contribution in [-0.2, 0) is 0 Å². The molecule has 0 saturated carbocycles. The zero-order valence-corrected chi connectivity index (χ0v) is 10.2. The molecular formula is C12H9ClN2O3. The average molecular weight is 265 g/mol. The number of halogens is 1. The molecule has 0 unspecified atom stereocenters. The summed E-state index contributed by atoms with van der Waals surface area (Å²) in [6.07, 6.45) is 2.40. The van der Waals surface area contributed by atoms with Crippen molar-refractivity contribution in [2.45, 2.75) is 6.92 Å². The molecule has 0 aliphatic heterocycles. The van der Waals surface area contributed by atoms with Gasteiger partial charge in [-0.3, -0.25) is 0 Å². The normalized spacial score (nSPS) is 10.1. The van der Waals surface area contributed by atoms with Crippen LogP contribution >= 0.6 is 11.6 Å². The van der Waals surface area contributed by atoms with Crippen LogP contribution in [0.1, 0.15) is 16.1 Å². The van der Waals surface area contributed by atoms with E-state index in [0.717, 1.165) is 11.8 Å². The van der Waals surface area contributed by atoms with Gasteiger partial charge in [0.15, 0.2) is 5.69 Å². The Morgan fingerprint density at radius 1 is 1.33 bits per heavy atom. The van der Waals surface area contributed by atoms with Gasteiger partial charge in [-0.15, -0.1) is 0 Å². The van der Waals surface area contributed by atoms with Crippen LogP contribution in [0.5, 0.6) is 11.6 Å². The minimum atomic E-state index is -1.13. The molecule has 0 atom stereocenters. The van der Waals surface area contributed by atoms with Crippen LogP contribution in [0, 0.1) is 6.92 Å². The molecule has 0 bridgehead atoms. The number of hydrogen-bond acceptors (Lipinski definition) is 4. The lowest BCUT2D eigenvalue weighted by Gasteiger charge is -2.05.